The molecule has 4 atom stereocenters. The topological polar surface area (TPSA) is 241 Å². The van der Waals surface area contributed by atoms with E-state index in [0.717, 1.165) is 0 Å². The molecular weight excluding hydrogens is 451 g/mol. The third kappa shape index (κ3) is 2.87. The van der Waals surface area contributed by atoms with Gasteiger partial charge >= 0.3 is 142 Å². The fourth-order valence-corrected chi connectivity index (χ4v) is 7.29. The molecule has 0 rings (SSSR count). The van der Waals surface area contributed by atoms with Crippen molar-refractivity contribution in [3.05, 3.63) is 20.8 Å². The van der Waals surface area contributed by atoms with Crippen LogP contribution in [0.3, 0.4) is 0 Å². The van der Waals surface area contributed by atoms with E-state index < -0.39 is 53.9 Å². The molecule has 150 valence electrons. The van der Waals surface area contributed by atoms with Gasteiger partial charge in [0.1, 0.15) is 0 Å². The summed E-state index contributed by atoms with van der Waals surface area (Å²) >= 11 is -7.78. The molecule has 25 heavy (non-hydrogen) atoms. The van der Waals surface area contributed by atoms with E-state index in [4.69, 9.17) is 0 Å². The molecule has 0 spiro atoms. The average Bonchev–Trinajstić information content (AvgIpc) is 2.36. The zero-order valence-electron chi connectivity index (χ0n) is 13.2. The molecule has 0 bridgehead atoms. The van der Waals surface area contributed by atoms with Crippen LogP contribution in [0.2, 0.25) is 0 Å². The molecule has 4 unspecified atom stereocenters. The van der Waals surface area contributed by atoms with Crippen molar-refractivity contribution in [1.82, 2.24) is 0 Å². The van der Waals surface area contributed by atoms with Crippen molar-refractivity contribution in [2.45, 2.75) is 27.7 Å². The summed E-state index contributed by atoms with van der Waals surface area (Å²) < 4.78 is -16.5. The van der Waals surface area contributed by atoms with Crippen LogP contribution in [-0.4, -0.2) is 58.2 Å². The maximum absolute atomic E-state index is 12.3. The zero-order valence-corrected chi connectivity index (χ0v) is 14.7. The first kappa shape index (κ1) is 23.9. The number of carbonyl (C=O) groups excluding carboxylic acids is 4. The molecule has 0 aliphatic rings. The van der Waals surface area contributed by atoms with Crippen LogP contribution in [0.1, 0.15) is 27.7 Å². The Hall–Kier alpha value is -1.14. The number of hydrogen-bond acceptors (Lipinski definition) is 12. The first-order valence-electron chi connectivity index (χ1n) is 5.81. The molecule has 17 heteroatoms. The van der Waals surface area contributed by atoms with E-state index in [1.807, 2.05) is 0 Å². The molecule has 16 nitrogen and oxygen atoms in total. The molecule has 0 aliphatic heterocycles. The Bertz CT molecular complexity index is 519. The van der Waals surface area contributed by atoms with Gasteiger partial charge in [0.05, 0.1) is 0 Å². The molecule has 0 aromatic rings. The van der Waals surface area contributed by atoms with Crippen molar-refractivity contribution in [3.8, 4) is 0 Å². The zero-order chi connectivity index (χ0) is 20.8. The Balaban J connectivity index is 7.79. The summed E-state index contributed by atoms with van der Waals surface area (Å²) in [7, 11) is 0. The van der Waals surface area contributed by atoms with Crippen LogP contribution in [0.5, 0.6) is 0 Å². The molecule has 0 heterocycles. The van der Waals surface area contributed by atoms with Gasteiger partial charge in [0.25, 0.3) is 0 Å². The first-order chi connectivity index (χ1) is 10.8. The van der Waals surface area contributed by atoms with Gasteiger partial charge in [-0.2, -0.15) is 0 Å². The molecule has 0 aromatic heterocycles. The fourth-order valence-electron chi connectivity index (χ4n) is 1.23. The Labute approximate surface area is 143 Å². The van der Waals surface area contributed by atoms with Crippen molar-refractivity contribution in [1.29, 1.82) is 0 Å². The summed E-state index contributed by atoms with van der Waals surface area (Å²) in [5.74, 6) is -9.08. The quantitative estimate of drug-likeness (QED) is 0.217. The minimum atomic E-state index is -7.78. The summed E-state index contributed by atoms with van der Waals surface area (Å²) in [6.45, 7) is 0.547. The number of rotatable bonds is 4. The Kier molecular flexibility index (Phi) is 6.25. The van der Waals surface area contributed by atoms with Crippen LogP contribution in [0.15, 0.2) is 0 Å². The van der Waals surface area contributed by atoms with Gasteiger partial charge in [-0.05, 0) is 0 Å². The van der Waals surface area contributed by atoms with Crippen LogP contribution in [-0.2, 0) is 35.7 Å². The third-order valence-corrected chi connectivity index (χ3v) is 9.52. The standard InChI is InChI=1S/4C2H4NO3.Pd/c4*1-2(4)3(5)6;/h4*5H,1H3;/q4*-1;+4. The maximum atomic E-state index is 12.3. The molecule has 0 radical (unpaired) electrons. The van der Waals surface area contributed by atoms with E-state index in [2.05, 4.69) is 0 Å². The van der Waals surface area contributed by atoms with E-state index >= 15 is 0 Å². The second kappa shape index (κ2) is 6.54. The van der Waals surface area contributed by atoms with Gasteiger partial charge in [-0.15, -0.1) is 0 Å². The van der Waals surface area contributed by atoms with E-state index in [1.54, 1.807) is 0 Å². The van der Waals surface area contributed by atoms with Gasteiger partial charge in [-0.3, -0.25) is 0 Å². The second-order valence-electron chi connectivity index (χ2n) is 4.31. The number of hydroxylamine groups is 8. The number of nitrogens with zero attached hydrogens (tertiary/aromatic N) is 4. The average molecular weight is 467 g/mol. The van der Waals surface area contributed by atoms with Crippen molar-refractivity contribution < 1.29 is 70.3 Å². The third-order valence-electron chi connectivity index (χ3n) is 2.50. The predicted molar refractivity (Wildman–Crippen MR) is 64.4 cm³/mol. The summed E-state index contributed by atoms with van der Waals surface area (Å²) in [5.41, 5.74) is 0. The molecule has 0 fully saturated rings. The normalized spacial score (nSPS) is 25.1. The monoisotopic (exact) mass is 466 g/mol. The van der Waals surface area contributed by atoms with Gasteiger partial charge in [0.2, 0.25) is 0 Å². The number of quaternary nitrogens is 4. The molecule has 0 aliphatic carbocycles. The molecule has 0 saturated heterocycles. The Morgan fingerprint density at radius 2 is 0.680 bits per heavy atom. The molecule has 4 N–H and O–H groups in total. The van der Waals surface area contributed by atoms with Crippen molar-refractivity contribution >= 4 is 23.6 Å². The molecule has 4 amide bonds. The summed E-state index contributed by atoms with van der Waals surface area (Å²) in [6.07, 6.45) is 0. The van der Waals surface area contributed by atoms with Crippen LogP contribution < -0.4 is 0 Å². The van der Waals surface area contributed by atoms with E-state index in [-0.39, 0.29) is 27.7 Å². The Morgan fingerprint density at radius 1 is 0.560 bits per heavy atom. The summed E-state index contributed by atoms with van der Waals surface area (Å²) in [5, 5.41) is 88.3. The SMILES string of the molecule is CC(=O)[N+]([O-])(O)[Pd]([N+]([O-])(O)C(C)=O)([N+]([O-])(O)C(C)=O)[N+]([O-])(O)C(C)=O. The van der Waals surface area contributed by atoms with Gasteiger partial charge in [-0.1, -0.05) is 0 Å². The van der Waals surface area contributed by atoms with Crippen molar-refractivity contribution in [2.24, 2.45) is 0 Å². The van der Waals surface area contributed by atoms with Crippen LogP contribution in [0, 0.1) is 20.8 Å². The van der Waals surface area contributed by atoms with Crippen LogP contribution >= 0.6 is 0 Å². The number of amides is 4. The van der Waals surface area contributed by atoms with Crippen LogP contribution in [0.4, 0.5) is 0 Å². The van der Waals surface area contributed by atoms with Crippen molar-refractivity contribution in [3.63, 3.8) is 0 Å². The number of carbonyl (C=O) groups is 4. The van der Waals surface area contributed by atoms with Crippen LogP contribution in [0.25, 0.3) is 0 Å². The molecule has 0 aromatic carbocycles. The molecule has 0 saturated carbocycles. The van der Waals surface area contributed by atoms with Gasteiger partial charge in [-0.25, -0.2) is 0 Å². The van der Waals surface area contributed by atoms with E-state index in [0.29, 0.717) is 0 Å². The van der Waals surface area contributed by atoms with Gasteiger partial charge in [0, 0.05) is 0 Å². The first-order valence-corrected chi connectivity index (χ1v) is 8.59. The van der Waals surface area contributed by atoms with E-state index in [9.17, 15) is 60.8 Å². The molecular formula is C8H16N4O12Pd. The fraction of sp³-hybridized carbons (Fsp3) is 0.500. The van der Waals surface area contributed by atoms with Gasteiger partial charge in [0.15, 0.2) is 0 Å². The van der Waals surface area contributed by atoms with E-state index in [1.165, 1.54) is 0 Å². The minimum absolute atomic E-state index is 0.137. The van der Waals surface area contributed by atoms with Gasteiger partial charge < -0.3 is 0 Å². The number of hydrogen-bond donors (Lipinski definition) is 4. The summed E-state index contributed by atoms with van der Waals surface area (Å²) in [6, 6.07) is 0. The second-order valence-corrected chi connectivity index (χ2v) is 9.95. The summed E-state index contributed by atoms with van der Waals surface area (Å²) in [4.78, 5) is 45.8. The Morgan fingerprint density at radius 3 is 0.760 bits per heavy atom. The van der Waals surface area contributed by atoms with Crippen molar-refractivity contribution in [2.75, 3.05) is 0 Å². The predicted octanol–water partition coefficient (Wildman–Crippen LogP) is -1.20.